The van der Waals surface area contributed by atoms with Crippen molar-refractivity contribution in [2.45, 2.75) is 33.7 Å². The van der Waals surface area contributed by atoms with Gasteiger partial charge in [-0.15, -0.1) is 0 Å². The minimum atomic E-state index is -0.138. The van der Waals surface area contributed by atoms with E-state index < -0.39 is 0 Å². The summed E-state index contributed by atoms with van der Waals surface area (Å²) in [4.78, 5) is 19.7. The molecule has 0 aliphatic rings. The molecule has 0 spiro atoms. The lowest BCUT2D eigenvalue weighted by molar-refractivity contribution is 0.412. The third kappa shape index (κ3) is 3.12. The maximum absolute atomic E-state index is 12.1. The second kappa shape index (κ2) is 5.91. The molecule has 2 heterocycles. The van der Waals surface area contributed by atoms with E-state index in [4.69, 9.17) is 10.7 Å². The highest BCUT2D eigenvalue weighted by Gasteiger charge is 2.18. The Hall–Kier alpha value is -2.40. The lowest BCUT2D eigenvalue weighted by Crippen LogP contribution is -2.12. The first-order valence-corrected chi connectivity index (χ1v) is 8.16. The van der Waals surface area contributed by atoms with Crippen molar-refractivity contribution in [2.24, 2.45) is 18.2 Å². The molecule has 0 saturated heterocycles. The molecule has 0 atom stereocenters. The number of imidazole rings is 1. The highest BCUT2D eigenvalue weighted by Crippen LogP contribution is 2.28. The molecule has 5 heteroatoms. The van der Waals surface area contributed by atoms with Crippen molar-refractivity contribution in [3.8, 4) is 11.3 Å². The van der Waals surface area contributed by atoms with Gasteiger partial charge in [0.05, 0.1) is 11.2 Å². The van der Waals surface area contributed by atoms with E-state index in [0.29, 0.717) is 12.2 Å². The summed E-state index contributed by atoms with van der Waals surface area (Å²) in [5, 5.41) is 0. The largest absolute Gasteiger partial charge is 0.327 e. The van der Waals surface area contributed by atoms with Crippen LogP contribution >= 0.6 is 0 Å². The average Bonchev–Trinajstić information content (AvgIpc) is 2.82. The quantitative estimate of drug-likeness (QED) is 0.777. The Morgan fingerprint density at radius 3 is 2.67 bits per heavy atom. The van der Waals surface area contributed by atoms with Crippen molar-refractivity contribution in [1.29, 1.82) is 0 Å². The number of rotatable bonds is 3. The van der Waals surface area contributed by atoms with E-state index in [1.807, 2.05) is 18.2 Å². The number of fused-ring (bicyclic) bond motifs is 1. The van der Waals surface area contributed by atoms with Crippen LogP contribution in [0.4, 0.5) is 0 Å². The Balaban J connectivity index is 2.25. The van der Waals surface area contributed by atoms with Gasteiger partial charge in [0.25, 0.3) is 0 Å². The van der Waals surface area contributed by atoms with E-state index in [-0.39, 0.29) is 11.1 Å². The fraction of sp³-hybridized carbons (Fsp3) is 0.368. The highest BCUT2D eigenvalue weighted by atomic mass is 16.1. The van der Waals surface area contributed by atoms with Gasteiger partial charge < -0.3 is 10.7 Å². The van der Waals surface area contributed by atoms with Gasteiger partial charge in [-0.1, -0.05) is 39.0 Å². The second-order valence-corrected chi connectivity index (χ2v) is 7.50. The maximum Gasteiger partial charge on any atom is 0.327 e. The van der Waals surface area contributed by atoms with Crippen molar-refractivity contribution >= 4 is 11.2 Å². The summed E-state index contributed by atoms with van der Waals surface area (Å²) in [5.41, 5.74) is 11.3. The number of hydrogen-bond donors (Lipinski definition) is 2. The topological polar surface area (TPSA) is 76.7 Å². The molecule has 0 saturated carbocycles. The Bertz CT molecular complexity index is 944. The third-order valence-corrected chi connectivity index (χ3v) is 4.12. The summed E-state index contributed by atoms with van der Waals surface area (Å²) in [6.45, 7) is 7.06. The Morgan fingerprint density at radius 2 is 2.00 bits per heavy atom. The molecule has 3 aromatic rings. The van der Waals surface area contributed by atoms with Gasteiger partial charge in [-0.05, 0) is 35.1 Å². The molecule has 24 heavy (non-hydrogen) atoms. The molecule has 126 valence electrons. The minimum Gasteiger partial charge on any atom is -0.326 e. The van der Waals surface area contributed by atoms with Gasteiger partial charge >= 0.3 is 5.69 Å². The summed E-state index contributed by atoms with van der Waals surface area (Å²) in [7, 11) is 1.75. The predicted octanol–water partition coefficient (Wildman–Crippen LogP) is 2.98. The van der Waals surface area contributed by atoms with Gasteiger partial charge in [0.2, 0.25) is 0 Å². The van der Waals surface area contributed by atoms with Crippen LogP contribution in [0.2, 0.25) is 0 Å². The van der Waals surface area contributed by atoms with Crippen LogP contribution in [0.25, 0.3) is 22.4 Å². The van der Waals surface area contributed by atoms with E-state index in [9.17, 15) is 4.79 Å². The minimum absolute atomic E-state index is 0.109. The summed E-state index contributed by atoms with van der Waals surface area (Å²) in [6.07, 6.45) is 0.857. The molecule has 0 aliphatic carbocycles. The van der Waals surface area contributed by atoms with Crippen molar-refractivity contribution in [3.05, 3.63) is 51.9 Å². The first-order chi connectivity index (χ1) is 11.3. The van der Waals surface area contributed by atoms with Crippen molar-refractivity contribution in [3.63, 3.8) is 0 Å². The molecule has 0 unspecified atom stereocenters. The second-order valence-electron chi connectivity index (χ2n) is 7.50. The molecule has 0 amide bonds. The van der Waals surface area contributed by atoms with Gasteiger partial charge in [-0.3, -0.25) is 4.57 Å². The number of aromatic amines is 1. The molecule has 1 aromatic carbocycles. The fourth-order valence-electron chi connectivity index (χ4n) is 2.97. The number of pyridine rings is 1. The first-order valence-electron chi connectivity index (χ1n) is 8.16. The number of benzene rings is 1. The van der Waals surface area contributed by atoms with Gasteiger partial charge in [0.15, 0.2) is 5.65 Å². The van der Waals surface area contributed by atoms with E-state index in [1.54, 1.807) is 11.6 Å². The van der Waals surface area contributed by atoms with Crippen molar-refractivity contribution in [1.82, 2.24) is 14.5 Å². The Morgan fingerprint density at radius 1 is 1.25 bits per heavy atom. The van der Waals surface area contributed by atoms with E-state index in [0.717, 1.165) is 34.3 Å². The Kier molecular flexibility index (Phi) is 4.05. The number of nitrogens with one attached hydrogen (secondary N) is 1. The summed E-state index contributed by atoms with van der Waals surface area (Å²) in [6, 6.07) is 10.2. The van der Waals surface area contributed by atoms with Gasteiger partial charge in [0.1, 0.15) is 0 Å². The highest BCUT2D eigenvalue weighted by molar-refractivity contribution is 5.79. The van der Waals surface area contributed by atoms with Crippen LogP contribution in [0, 0.1) is 5.41 Å². The number of aryl methyl sites for hydroxylation is 1. The maximum atomic E-state index is 12.1. The third-order valence-electron chi connectivity index (χ3n) is 4.12. The number of nitrogens with zero attached hydrogens (tertiary/aromatic N) is 2. The monoisotopic (exact) mass is 324 g/mol. The van der Waals surface area contributed by atoms with E-state index >= 15 is 0 Å². The fourth-order valence-corrected chi connectivity index (χ4v) is 2.97. The van der Waals surface area contributed by atoms with E-state index in [2.05, 4.69) is 37.9 Å². The predicted molar refractivity (Wildman–Crippen MR) is 97.8 cm³/mol. The summed E-state index contributed by atoms with van der Waals surface area (Å²) < 4.78 is 1.57. The number of hydrogen-bond acceptors (Lipinski definition) is 3. The lowest BCUT2D eigenvalue weighted by Gasteiger charge is -2.19. The molecule has 3 rings (SSSR count). The lowest BCUT2D eigenvalue weighted by atomic mass is 9.87. The number of aromatic nitrogens is 3. The van der Waals surface area contributed by atoms with Crippen LogP contribution in [0.5, 0.6) is 0 Å². The van der Waals surface area contributed by atoms with Crippen LogP contribution in [-0.2, 0) is 20.0 Å². The van der Waals surface area contributed by atoms with Crippen LogP contribution < -0.4 is 11.4 Å². The molecule has 2 aromatic heterocycles. The first kappa shape index (κ1) is 16.5. The van der Waals surface area contributed by atoms with Crippen LogP contribution in [0.3, 0.4) is 0 Å². The molecule has 0 aliphatic heterocycles. The zero-order chi connectivity index (χ0) is 17.5. The van der Waals surface area contributed by atoms with E-state index in [1.165, 1.54) is 0 Å². The number of H-pyrrole nitrogens is 1. The van der Waals surface area contributed by atoms with Gasteiger partial charge in [-0.2, -0.15) is 0 Å². The molecule has 0 fully saturated rings. The Labute approximate surface area is 141 Å². The summed E-state index contributed by atoms with van der Waals surface area (Å²) >= 11 is 0. The normalized spacial score (nSPS) is 12.0. The van der Waals surface area contributed by atoms with Gasteiger partial charge in [0, 0.05) is 19.2 Å². The SMILES string of the molecule is Cn1c(=O)[nH]c2c(CC(C)(C)C)cc(-c3cccc(CN)c3)nc21. The molecular weight excluding hydrogens is 300 g/mol. The average molecular weight is 324 g/mol. The van der Waals surface area contributed by atoms with Crippen molar-refractivity contribution in [2.75, 3.05) is 0 Å². The van der Waals surface area contributed by atoms with Crippen molar-refractivity contribution < 1.29 is 0 Å². The van der Waals surface area contributed by atoms with Gasteiger partial charge in [-0.25, -0.2) is 9.78 Å². The molecule has 3 N–H and O–H groups in total. The smallest absolute Gasteiger partial charge is 0.326 e. The van der Waals surface area contributed by atoms with Crippen LogP contribution in [-0.4, -0.2) is 14.5 Å². The zero-order valence-corrected chi connectivity index (χ0v) is 14.7. The molecule has 5 nitrogen and oxygen atoms in total. The zero-order valence-electron chi connectivity index (χ0n) is 14.7. The number of nitrogens with two attached hydrogens (primary N) is 1. The molecule has 0 radical (unpaired) electrons. The van der Waals surface area contributed by atoms with Crippen LogP contribution in [0.15, 0.2) is 35.1 Å². The molecule has 0 bridgehead atoms. The van der Waals surface area contributed by atoms with Crippen LogP contribution in [0.1, 0.15) is 31.9 Å². The molecular formula is C19H24N4O. The standard InChI is InChI=1S/C19H24N4O/c1-19(2,3)10-14-9-15(13-7-5-6-12(8-13)11-20)21-17-16(14)22-18(24)23(17)4/h5-9H,10-11,20H2,1-4H3,(H,22,24). The summed E-state index contributed by atoms with van der Waals surface area (Å²) in [5.74, 6) is 0.